The molecule has 1 aromatic heterocycles. The van der Waals surface area contributed by atoms with Crippen molar-refractivity contribution < 1.29 is 0 Å². The molecule has 5 nitrogen and oxygen atoms in total. The van der Waals surface area contributed by atoms with E-state index in [0.29, 0.717) is 12.1 Å². The fourth-order valence-corrected chi connectivity index (χ4v) is 2.43. The molecule has 2 rings (SSSR count). The van der Waals surface area contributed by atoms with Crippen LogP contribution in [0.1, 0.15) is 33.1 Å². The first-order valence-corrected chi connectivity index (χ1v) is 7.18. The van der Waals surface area contributed by atoms with Gasteiger partial charge in [-0.2, -0.15) is 0 Å². The van der Waals surface area contributed by atoms with Gasteiger partial charge in [-0.1, -0.05) is 6.42 Å². The third-order valence-electron chi connectivity index (χ3n) is 3.39. The maximum absolute atomic E-state index is 4.36. The molecule has 1 fully saturated rings. The van der Waals surface area contributed by atoms with E-state index in [4.69, 9.17) is 0 Å². The Labute approximate surface area is 115 Å². The molecule has 0 radical (unpaired) electrons. The van der Waals surface area contributed by atoms with Crippen molar-refractivity contribution in [1.82, 2.24) is 15.3 Å². The number of hydrogen-bond donors (Lipinski definition) is 2. The summed E-state index contributed by atoms with van der Waals surface area (Å²) in [6, 6.07) is 2.98. The normalized spacial score (nSPS) is 19.5. The van der Waals surface area contributed by atoms with Gasteiger partial charge in [0, 0.05) is 31.7 Å². The zero-order valence-corrected chi connectivity index (χ0v) is 12.2. The fourth-order valence-electron chi connectivity index (χ4n) is 2.43. The average molecular weight is 263 g/mol. The molecule has 106 valence electrons. The number of likely N-dealkylation sites (N-methyl/N-ethyl adjacent to an activating group) is 1. The summed E-state index contributed by atoms with van der Waals surface area (Å²) in [5.41, 5.74) is 0. The van der Waals surface area contributed by atoms with Crippen LogP contribution in [0.4, 0.5) is 11.6 Å². The van der Waals surface area contributed by atoms with Crippen LogP contribution in [0.25, 0.3) is 0 Å². The van der Waals surface area contributed by atoms with Crippen LogP contribution in [0.2, 0.25) is 0 Å². The van der Waals surface area contributed by atoms with Gasteiger partial charge in [-0.3, -0.25) is 0 Å². The predicted octanol–water partition coefficient (Wildman–Crippen LogP) is 1.88. The Morgan fingerprint density at radius 3 is 2.95 bits per heavy atom. The zero-order chi connectivity index (χ0) is 13.7. The first-order chi connectivity index (χ1) is 9.15. The SMILES string of the molecule is CC(C)Nc1cc(N(C)CC2CCCCN2)ncn1. The van der Waals surface area contributed by atoms with E-state index in [0.717, 1.165) is 24.7 Å². The number of nitrogens with one attached hydrogen (secondary N) is 2. The summed E-state index contributed by atoms with van der Waals surface area (Å²) in [7, 11) is 2.10. The van der Waals surface area contributed by atoms with E-state index >= 15 is 0 Å². The van der Waals surface area contributed by atoms with E-state index in [9.17, 15) is 0 Å². The summed E-state index contributed by atoms with van der Waals surface area (Å²) < 4.78 is 0. The molecular formula is C14H25N5. The lowest BCUT2D eigenvalue weighted by Crippen LogP contribution is -2.42. The van der Waals surface area contributed by atoms with E-state index in [2.05, 4.69) is 46.4 Å². The molecule has 0 aliphatic carbocycles. The molecule has 19 heavy (non-hydrogen) atoms. The molecule has 0 spiro atoms. The van der Waals surface area contributed by atoms with Crippen molar-refractivity contribution in [1.29, 1.82) is 0 Å². The summed E-state index contributed by atoms with van der Waals surface area (Å²) in [5.74, 6) is 1.87. The van der Waals surface area contributed by atoms with Gasteiger partial charge >= 0.3 is 0 Å². The topological polar surface area (TPSA) is 53.1 Å². The van der Waals surface area contributed by atoms with E-state index in [-0.39, 0.29) is 0 Å². The van der Waals surface area contributed by atoms with Crippen LogP contribution in [0.3, 0.4) is 0 Å². The van der Waals surface area contributed by atoms with Crippen LogP contribution in [0, 0.1) is 0 Å². The highest BCUT2D eigenvalue weighted by Gasteiger charge is 2.15. The fraction of sp³-hybridized carbons (Fsp3) is 0.714. The molecule has 0 amide bonds. The highest BCUT2D eigenvalue weighted by Crippen LogP contribution is 2.15. The van der Waals surface area contributed by atoms with Crippen molar-refractivity contribution >= 4 is 11.6 Å². The summed E-state index contributed by atoms with van der Waals surface area (Å²) in [6.45, 7) is 6.36. The Kier molecular flexibility index (Phi) is 4.96. The lowest BCUT2D eigenvalue weighted by atomic mass is 10.0. The quantitative estimate of drug-likeness (QED) is 0.849. The van der Waals surface area contributed by atoms with Gasteiger partial charge in [0.15, 0.2) is 0 Å². The van der Waals surface area contributed by atoms with Gasteiger partial charge in [-0.25, -0.2) is 9.97 Å². The monoisotopic (exact) mass is 263 g/mol. The van der Waals surface area contributed by atoms with Crippen molar-refractivity contribution in [2.24, 2.45) is 0 Å². The number of anilines is 2. The van der Waals surface area contributed by atoms with Crippen LogP contribution in [0.15, 0.2) is 12.4 Å². The van der Waals surface area contributed by atoms with Crippen LogP contribution in [-0.2, 0) is 0 Å². The largest absolute Gasteiger partial charge is 0.368 e. The highest BCUT2D eigenvalue weighted by atomic mass is 15.2. The first-order valence-electron chi connectivity index (χ1n) is 7.18. The number of hydrogen-bond acceptors (Lipinski definition) is 5. The lowest BCUT2D eigenvalue weighted by molar-refractivity contribution is 0.403. The van der Waals surface area contributed by atoms with Gasteiger partial charge < -0.3 is 15.5 Å². The van der Waals surface area contributed by atoms with Crippen molar-refractivity contribution in [2.45, 2.75) is 45.2 Å². The third kappa shape index (κ3) is 4.35. The zero-order valence-electron chi connectivity index (χ0n) is 12.2. The van der Waals surface area contributed by atoms with Crippen LogP contribution >= 0.6 is 0 Å². The smallest absolute Gasteiger partial charge is 0.133 e. The van der Waals surface area contributed by atoms with Gasteiger partial charge in [0.05, 0.1) is 0 Å². The molecular weight excluding hydrogens is 238 g/mol. The molecule has 0 saturated carbocycles. The minimum absolute atomic E-state index is 0.382. The van der Waals surface area contributed by atoms with Crippen LogP contribution in [-0.4, -0.2) is 42.2 Å². The molecule has 1 atom stereocenters. The minimum atomic E-state index is 0.382. The van der Waals surface area contributed by atoms with Gasteiger partial charge in [-0.05, 0) is 33.2 Å². The number of aromatic nitrogens is 2. The predicted molar refractivity (Wildman–Crippen MR) is 79.7 cm³/mol. The molecule has 0 bridgehead atoms. The van der Waals surface area contributed by atoms with Gasteiger partial charge in [-0.15, -0.1) is 0 Å². The van der Waals surface area contributed by atoms with Gasteiger partial charge in [0.1, 0.15) is 18.0 Å². The van der Waals surface area contributed by atoms with Gasteiger partial charge in [0.2, 0.25) is 0 Å². The maximum Gasteiger partial charge on any atom is 0.133 e. The molecule has 1 aromatic rings. The molecule has 2 N–H and O–H groups in total. The standard InChI is InChI=1S/C14H25N5/c1-11(2)18-13-8-14(17-10-16-13)19(3)9-12-6-4-5-7-15-12/h8,10-12,15H,4-7,9H2,1-3H3,(H,16,17,18). The van der Waals surface area contributed by atoms with Gasteiger partial charge in [0.25, 0.3) is 0 Å². The first kappa shape index (κ1) is 14.1. The van der Waals surface area contributed by atoms with Crippen LogP contribution < -0.4 is 15.5 Å². The van der Waals surface area contributed by atoms with E-state index in [1.54, 1.807) is 6.33 Å². The second-order valence-corrected chi connectivity index (χ2v) is 5.59. The summed E-state index contributed by atoms with van der Waals surface area (Å²) in [5, 5.41) is 6.88. The Morgan fingerprint density at radius 2 is 2.26 bits per heavy atom. The molecule has 5 heteroatoms. The van der Waals surface area contributed by atoms with Crippen molar-refractivity contribution in [3.63, 3.8) is 0 Å². The van der Waals surface area contributed by atoms with E-state index in [1.165, 1.54) is 19.3 Å². The van der Waals surface area contributed by atoms with Crippen molar-refractivity contribution in [3.8, 4) is 0 Å². The summed E-state index contributed by atoms with van der Waals surface area (Å²) >= 11 is 0. The Hall–Kier alpha value is -1.36. The number of rotatable bonds is 5. The molecule has 0 aromatic carbocycles. The number of nitrogens with zero attached hydrogens (tertiary/aromatic N) is 3. The Balaban J connectivity index is 1.95. The second kappa shape index (κ2) is 6.70. The van der Waals surface area contributed by atoms with Crippen molar-refractivity contribution in [3.05, 3.63) is 12.4 Å². The summed E-state index contributed by atoms with van der Waals surface area (Å²) in [6.07, 6.45) is 5.52. The van der Waals surface area contributed by atoms with E-state index < -0.39 is 0 Å². The molecule has 1 aliphatic rings. The molecule has 1 unspecified atom stereocenters. The minimum Gasteiger partial charge on any atom is -0.368 e. The maximum atomic E-state index is 4.36. The molecule has 1 aliphatic heterocycles. The molecule has 2 heterocycles. The lowest BCUT2D eigenvalue weighted by Gasteiger charge is -2.28. The van der Waals surface area contributed by atoms with Crippen LogP contribution in [0.5, 0.6) is 0 Å². The second-order valence-electron chi connectivity index (χ2n) is 5.59. The number of piperidine rings is 1. The van der Waals surface area contributed by atoms with E-state index in [1.807, 2.05) is 6.07 Å². The Bertz CT molecular complexity index is 387. The highest BCUT2D eigenvalue weighted by molar-refractivity contribution is 5.48. The summed E-state index contributed by atoms with van der Waals surface area (Å²) in [4.78, 5) is 10.8. The van der Waals surface area contributed by atoms with Crippen molar-refractivity contribution in [2.75, 3.05) is 30.4 Å². The Morgan fingerprint density at radius 1 is 1.42 bits per heavy atom. The average Bonchev–Trinajstić information content (AvgIpc) is 2.39. The molecule has 1 saturated heterocycles. The third-order valence-corrected chi connectivity index (χ3v) is 3.39.